The van der Waals surface area contributed by atoms with E-state index in [1.807, 2.05) is 13.8 Å². The van der Waals surface area contributed by atoms with Crippen LogP contribution in [0.4, 0.5) is 0 Å². The maximum absolute atomic E-state index is 11.6. The number of nitrogens with one attached hydrogen (secondary N) is 1. The van der Waals surface area contributed by atoms with Gasteiger partial charge in [-0.15, -0.1) is 0 Å². The summed E-state index contributed by atoms with van der Waals surface area (Å²) in [5, 5.41) is 11.7. The summed E-state index contributed by atoms with van der Waals surface area (Å²) in [4.78, 5) is 23.1. The second-order valence-corrected chi connectivity index (χ2v) is 4.16. The Morgan fingerprint density at radius 1 is 1.41 bits per heavy atom. The summed E-state index contributed by atoms with van der Waals surface area (Å²) in [6.45, 7) is 5.15. The first-order valence-electron chi connectivity index (χ1n) is 5.66. The Morgan fingerprint density at radius 3 is 2.29 bits per heavy atom. The molecule has 0 saturated carbocycles. The zero-order valence-electron chi connectivity index (χ0n) is 10.8. The number of hydrogen-bond acceptors (Lipinski definition) is 5. The molecule has 0 aromatic rings. The van der Waals surface area contributed by atoms with Gasteiger partial charge in [0.05, 0.1) is 13.2 Å². The van der Waals surface area contributed by atoms with Gasteiger partial charge in [-0.25, -0.2) is 4.79 Å². The van der Waals surface area contributed by atoms with Crippen LogP contribution >= 0.6 is 0 Å². The molecular formula is C11H22N2O4. The van der Waals surface area contributed by atoms with Crippen molar-refractivity contribution in [3.63, 3.8) is 0 Å². The third kappa shape index (κ3) is 4.70. The van der Waals surface area contributed by atoms with Crippen molar-refractivity contribution < 1.29 is 19.4 Å². The molecule has 100 valence electrons. The standard InChI is InChI=1S/C11H22N2O4/c1-5-6(2)9(11(16)17-4)13-10(15)8(12)7(3)14/h6-9,14H,5,12H2,1-4H3,(H,13,15). The summed E-state index contributed by atoms with van der Waals surface area (Å²) in [7, 11) is 1.26. The number of methoxy groups -OCH3 is 1. The van der Waals surface area contributed by atoms with Gasteiger partial charge in [0.2, 0.25) is 5.91 Å². The lowest BCUT2D eigenvalue weighted by atomic mass is 9.98. The molecule has 0 fully saturated rings. The molecule has 4 N–H and O–H groups in total. The van der Waals surface area contributed by atoms with E-state index in [0.717, 1.165) is 0 Å². The lowest BCUT2D eigenvalue weighted by Gasteiger charge is -2.24. The van der Waals surface area contributed by atoms with Crippen LogP contribution in [0.25, 0.3) is 0 Å². The van der Waals surface area contributed by atoms with Crippen LogP contribution in [0, 0.1) is 5.92 Å². The highest BCUT2D eigenvalue weighted by Gasteiger charge is 2.29. The molecule has 0 bridgehead atoms. The topological polar surface area (TPSA) is 102 Å². The van der Waals surface area contributed by atoms with Crippen LogP contribution in [-0.4, -0.2) is 42.3 Å². The molecule has 0 spiro atoms. The molecule has 0 heterocycles. The number of carbonyl (C=O) groups is 2. The van der Waals surface area contributed by atoms with Crippen LogP contribution in [0.1, 0.15) is 27.2 Å². The first-order chi connectivity index (χ1) is 7.84. The minimum absolute atomic E-state index is 0.0624. The van der Waals surface area contributed by atoms with E-state index in [1.165, 1.54) is 14.0 Å². The first-order valence-corrected chi connectivity index (χ1v) is 5.66. The molecule has 4 unspecified atom stereocenters. The minimum Gasteiger partial charge on any atom is -0.467 e. The molecule has 6 nitrogen and oxygen atoms in total. The van der Waals surface area contributed by atoms with E-state index in [0.29, 0.717) is 6.42 Å². The van der Waals surface area contributed by atoms with Gasteiger partial charge in [0.25, 0.3) is 0 Å². The third-order valence-corrected chi connectivity index (χ3v) is 2.79. The number of aliphatic hydroxyl groups is 1. The molecule has 1 amide bonds. The van der Waals surface area contributed by atoms with Crippen LogP contribution in [0.15, 0.2) is 0 Å². The molecule has 6 heteroatoms. The highest BCUT2D eigenvalue weighted by molar-refractivity contribution is 5.87. The number of ether oxygens (including phenoxy) is 1. The molecule has 0 aliphatic carbocycles. The summed E-state index contributed by atoms with van der Waals surface area (Å²) < 4.78 is 4.62. The fourth-order valence-electron chi connectivity index (χ4n) is 1.26. The third-order valence-electron chi connectivity index (χ3n) is 2.79. The molecule has 0 aromatic heterocycles. The average molecular weight is 246 g/mol. The molecule has 0 aliphatic heterocycles. The molecule has 4 atom stereocenters. The summed E-state index contributed by atoms with van der Waals surface area (Å²) in [5.41, 5.74) is 5.48. The van der Waals surface area contributed by atoms with Crippen molar-refractivity contribution in [2.45, 2.75) is 45.4 Å². The van der Waals surface area contributed by atoms with Crippen LogP contribution in [0.3, 0.4) is 0 Å². The number of carbonyl (C=O) groups excluding carboxylic acids is 2. The molecule has 0 rings (SSSR count). The fraction of sp³-hybridized carbons (Fsp3) is 0.818. The van der Waals surface area contributed by atoms with Gasteiger partial charge in [0, 0.05) is 0 Å². The zero-order valence-corrected chi connectivity index (χ0v) is 10.8. The van der Waals surface area contributed by atoms with Gasteiger partial charge in [-0.2, -0.15) is 0 Å². The van der Waals surface area contributed by atoms with E-state index < -0.39 is 30.1 Å². The van der Waals surface area contributed by atoms with E-state index >= 15 is 0 Å². The maximum atomic E-state index is 11.6. The number of nitrogens with two attached hydrogens (primary N) is 1. The van der Waals surface area contributed by atoms with E-state index in [1.54, 1.807) is 0 Å². The Labute approximate surface area is 102 Å². The van der Waals surface area contributed by atoms with Crippen LogP contribution in [0.5, 0.6) is 0 Å². The molecule has 0 radical (unpaired) electrons. The normalized spacial score (nSPS) is 17.8. The Kier molecular flexibility index (Phi) is 6.75. The van der Waals surface area contributed by atoms with Crippen molar-refractivity contribution in [2.24, 2.45) is 11.7 Å². The molecule has 0 aliphatic rings. The smallest absolute Gasteiger partial charge is 0.328 e. The van der Waals surface area contributed by atoms with Gasteiger partial charge in [-0.05, 0) is 12.8 Å². The summed E-state index contributed by atoms with van der Waals surface area (Å²) >= 11 is 0. The molecule has 0 aromatic carbocycles. The Bertz CT molecular complexity index is 268. The summed E-state index contributed by atoms with van der Waals surface area (Å²) in [6.07, 6.45) is -0.255. The number of aliphatic hydroxyl groups excluding tert-OH is 1. The number of hydrogen-bond donors (Lipinski definition) is 3. The highest BCUT2D eigenvalue weighted by atomic mass is 16.5. The van der Waals surface area contributed by atoms with Crippen molar-refractivity contribution in [2.75, 3.05) is 7.11 Å². The van der Waals surface area contributed by atoms with Crippen molar-refractivity contribution in [1.29, 1.82) is 0 Å². The van der Waals surface area contributed by atoms with Crippen LogP contribution in [0.2, 0.25) is 0 Å². The number of rotatable bonds is 6. The first kappa shape index (κ1) is 15.9. The van der Waals surface area contributed by atoms with Gasteiger partial charge in [0.1, 0.15) is 12.1 Å². The lowest BCUT2D eigenvalue weighted by molar-refractivity contribution is -0.147. The van der Waals surface area contributed by atoms with Gasteiger partial charge in [-0.3, -0.25) is 4.79 Å². The second-order valence-electron chi connectivity index (χ2n) is 4.16. The van der Waals surface area contributed by atoms with Crippen molar-refractivity contribution in [3.8, 4) is 0 Å². The lowest BCUT2D eigenvalue weighted by Crippen LogP contribution is -2.54. The minimum atomic E-state index is -1.05. The van der Waals surface area contributed by atoms with Gasteiger partial charge in [0.15, 0.2) is 0 Å². The number of esters is 1. The monoisotopic (exact) mass is 246 g/mol. The maximum Gasteiger partial charge on any atom is 0.328 e. The van der Waals surface area contributed by atoms with Crippen molar-refractivity contribution >= 4 is 11.9 Å². The van der Waals surface area contributed by atoms with Crippen molar-refractivity contribution in [1.82, 2.24) is 5.32 Å². The highest BCUT2D eigenvalue weighted by Crippen LogP contribution is 2.09. The SMILES string of the molecule is CCC(C)C(NC(=O)C(N)C(C)O)C(=O)OC. The number of amides is 1. The largest absolute Gasteiger partial charge is 0.467 e. The Hall–Kier alpha value is -1.14. The fourth-order valence-corrected chi connectivity index (χ4v) is 1.26. The van der Waals surface area contributed by atoms with Gasteiger partial charge in [-0.1, -0.05) is 20.3 Å². The quantitative estimate of drug-likeness (QED) is 0.543. The van der Waals surface area contributed by atoms with E-state index in [4.69, 9.17) is 5.73 Å². The van der Waals surface area contributed by atoms with Crippen LogP contribution < -0.4 is 11.1 Å². The van der Waals surface area contributed by atoms with E-state index in [2.05, 4.69) is 10.1 Å². The molecule has 17 heavy (non-hydrogen) atoms. The summed E-state index contributed by atoms with van der Waals surface area (Å²) in [5.74, 6) is -1.13. The predicted molar refractivity (Wildman–Crippen MR) is 63.1 cm³/mol. The molecular weight excluding hydrogens is 224 g/mol. The predicted octanol–water partition coefficient (Wildman–Crippen LogP) is -0.602. The second kappa shape index (κ2) is 7.24. The van der Waals surface area contributed by atoms with Crippen molar-refractivity contribution in [3.05, 3.63) is 0 Å². The Morgan fingerprint density at radius 2 is 1.94 bits per heavy atom. The zero-order chi connectivity index (χ0) is 13.6. The van der Waals surface area contributed by atoms with Gasteiger partial charge < -0.3 is 20.9 Å². The van der Waals surface area contributed by atoms with Gasteiger partial charge >= 0.3 is 5.97 Å². The van der Waals surface area contributed by atoms with Crippen LogP contribution in [-0.2, 0) is 14.3 Å². The van der Waals surface area contributed by atoms with E-state index in [-0.39, 0.29) is 5.92 Å². The van der Waals surface area contributed by atoms with E-state index in [9.17, 15) is 14.7 Å². The Balaban J connectivity index is 4.64. The molecule has 0 saturated heterocycles. The average Bonchev–Trinajstić information content (AvgIpc) is 2.32. The summed E-state index contributed by atoms with van der Waals surface area (Å²) in [6, 6.07) is -1.78.